The van der Waals surface area contributed by atoms with E-state index in [4.69, 9.17) is 27.9 Å². The molecule has 1 N–H and O–H groups in total. The van der Waals surface area contributed by atoms with Crippen LogP contribution in [0, 0.1) is 5.92 Å². The van der Waals surface area contributed by atoms with E-state index in [0.29, 0.717) is 34.3 Å². The zero-order chi connectivity index (χ0) is 26.1. The van der Waals surface area contributed by atoms with Gasteiger partial charge >= 0.3 is 0 Å². The number of hydrogen-bond donors (Lipinski definition) is 1. The summed E-state index contributed by atoms with van der Waals surface area (Å²) < 4.78 is 5.37. The summed E-state index contributed by atoms with van der Waals surface area (Å²) in [6, 6.07) is 21.6. The van der Waals surface area contributed by atoms with Crippen molar-refractivity contribution in [1.82, 2.24) is 10.2 Å². The van der Waals surface area contributed by atoms with Gasteiger partial charge in [0.25, 0.3) is 0 Å². The molecule has 1 atom stereocenters. The highest BCUT2D eigenvalue weighted by Crippen LogP contribution is 2.26. The summed E-state index contributed by atoms with van der Waals surface area (Å²) in [4.78, 5) is 29.0. The molecule has 0 saturated carbocycles. The molecule has 0 heterocycles. The van der Waals surface area contributed by atoms with Gasteiger partial charge in [0.2, 0.25) is 11.8 Å². The monoisotopic (exact) mass is 526 g/mol. The lowest BCUT2D eigenvalue weighted by molar-refractivity contribution is -0.140. The van der Waals surface area contributed by atoms with E-state index in [9.17, 15) is 9.59 Å². The molecule has 0 aliphatic heterocycles. The van der Waals surface area contributed by atoms with Crippen LogP contribution in [0.25, 0.3) is 0 Å². The molecule has 0 spiro atoms. The number of carbonyl (C=O) groups is 2. The van der Waals surface area contributed by atoms with Crippen LogP contribution < -0.4 is 10.1 Å². The van der Waals surface area contributed by atoms with Crippen molar-refractivity contribution in [2.24, 2.45) is 5.92 Å². The second-order valence-electron chi connectivity index (χ2n) is 9.09. The second-order valence-corrected chi connectivity index (χ2v) is 9.91. The topological polar surface area (TPSA) is 58.6 Å². The second kappa shape index (κ2) is 13.3. The van der Waals surface area contributed by atoms with E-state index in [-0.39, 0.29) is 30.7 Å². The number of ether oxygens (including phenoxy) is 1. The molecule has 0 aliphatic carbocycles. The van der Waals surface area contributed by atoms with Crippen molar-refractivity contribution in [3.8, 4) is 5.75 Å². The average molecular weight is 527 g/mol. The molecule has 190 valence electrons. The van der Waals surface area contributed by atoms with E-state index in [2.05, 4.69) is 5.32 Å². The molecule has 3 aromatic carbocycles. The maximum Gasteiger partial charge on any atom is 0.243 e. The number of rotatable bonds is 11. The van der Waals surface area contributed by atoms with E-state index >= 15 is 0 Å². The zero-order valence-corrected chi connectivity index (χ0v) is 22.4. The van der Waals surface area contributed by atoms with Gasteiger partial charge in [0.15, 0.2) is 0 Å². The van der Waals surface area contributed by atoms with Crippen LogP contribution in [0.4, 0.5) is 0 Å². The number of nitrogens with zero attached hydrogens (tertiary/aromatic N) is 1. The Morgan fingerprint density at radius 3 is 2.19 bits per heavy atom. The predicted octanol–water partition coefficient (Wildman–Crippen LogP) is 5.96. The van der Waals surface area contributed by atoms with Crippen molar-refractivity contribution >= 4 is 35.0 Å². The Kier molecular flexibility index (Phi) is 10.2. The molecule has 0 aliphatic rings. The van der Waals surface area contributed by atoms with Crippen LogP contribution >= 0.6 is 23.2 Å². The molecule has 7 heteroatoms. The van der Waals surface area contributed by atoms with Crippen molar-refractivity contribution in [1.29, 1.82) is 0 Å². The molecule has 5 nitrogen and oxygen atoms in total. The lowest BCUT2D eigenvalue weighted by atomic mass is 10.0. The fourth-order valence-corrected chi connectivity index (χ4v) is 4.43. The number of methoxy groups -OCH3 is 1. The minimum absolute atomic E-state index is 0.0226. The molecule has 0 unspecified atom stereocenters. The summed E-state index contributed by atoms with van der Waals surface area (Å²) >= 11 is 12.8. The van der Waals surface area contributed by atoms with Crippen molar-refractivity contribution in [2.45, 2.75) is 39.3 Å². The van der Waals surface area contributed by atoms with Gasteiger partial charge in [0.1, 0.15) is 11.8 Å². The number of halogens is 2. The maximum atomic E-state index is 13.8. The van der Waals surface area contributed by atoms with Crippen LogP contribution in [-0.4, -0.2) is 36.4 Å². The SMILES string of the molecule is COc1cccc(CN(C(=O)Cc2c(Cl)cccc2Cl)[C@H](Cc2ccccc2)C(=O)NCC(C)C)c1. The molecule has 2 amide bonds. The number of amides is 2. The summed E-state index contributed by atoms with van der Waals surface area (Å²) in [5.74, 6) is 0.510. The van der Waals surface area contributed by atoms with Gasteiger partial charge in [-0.25, -0.2) is 0 Å². The summed E-state index contributed by atoms with van der Waals surface area (Å²) in [5, 5.41) is 3.86. The van der Waals surface area contributed by atoms with Gasteiger partial charge in [0, 0.05) is 29.6 Å². The standard InChI is InChI=1S/C29H32Cl2N2O3/c1-20(2)18-32-29(35)27(16-21-9-5-4-6-10-21)33(19-22-11-7-12-23(15-22)36-3)28(34)17-24-25(30)13-8-14-26(24)31/h4-15,20,27H,16-19H2,1-3H3,(H,32,35)/t27-/m1/s1. The molecule has 0 aromatic heterocycles. The molecule has 0 saturated heterocycles. The van der Waals surface area contributed by atoms with Gasteiger partial charge in [-0.2, -0.15) is 0 Å². The van der Waals surface area contributed by atoms with Crippen molar-refractivity contribution in [3.63, 3.8) is 0 Å². The Labute approximate surface area is 223 Å². The quantitative estimate of drug-likeness (QED) is 0.335. The van der Waals surface area contributed by atoms with E-state index < -0.39 is 6.04 Å². The minimum Gasteiger partial charge on any atom is -0.497 e. The fraction of sp³-hybridized carbons (Fsp3) is 0.310. The van der Waals surface area contributed by atoms with Crippen LogP contribution in [0.3, 0.4) is 0 Å². The Morgan fingerprint density at radius 2 is 1.56 bits per heavy atom. The van der Waals surface area contributed by atoms with E-state index in [1.807, 2.05) is 68.4 Å². The molecule has 3 aromatic rings. The molecule has 0 radical (unpaired) electrons. The summed E-state index contributed by atoms with van der Waals surface area (Å²) in [6.45, 7) is 4.81. The Morgan fingerprint density at radius 1 is 0.917 bits per heavy atom. The highest BCUT2D eigenvalue weighted by molar-refractivity contribution is 6.36. The van der Waals surface area contributed by atoms with Crippen molar-refractivity contribution in [2.75, 3.05) is 13.7 Å². The minimum atomic E-state index is -0.730. The molecular weight excluding hydrogens is 495 g/mol. The van der Waals surface area contributed by atoms with Crippen LogP contribution in [0.15, 0.2) is 72.8 Å². The van der Waals surface area contributed by atoms with Gasteiger partial charge in [-0.1, -0.05) is 85.6 Å². The van der Waals surface area contributed by atoms with Crippen LogP contribution in [0.1, 0.15) is 30.5 Å². The van der Waals surface area contributed by atoms with Gasteiger partial charge in [-0.3, -0.25) is 9.59 Å². The third-order valence-corrected chi connectivity index (χ3v) is 6.54. The molecular formula is C29H32Cl2N2O3. The molecule has 36 heavy (non-hydrogen) atoms. The molecule has 0 bridgehead atoms. The van der Waals surface area contributed by atoms with Crippen LogP contribution in [0.5, 0.6) is 5.75 Å². The van der Waals surface area contributed by atoms with Gasteiger partial charge in [0.05, 0.1) is 13.5 Å². The van der Waals surface area contributed by atoms with Crippen molar-refractivity contribution < 1.29 is 14.3 Å². The van der Waals surface area contributed by atoms with Crippen LogP contribution in [0.2, 0.25) is 10.0 Å². The first-order chi connectivity index (χ1) is 17.3. The number of hydrogen-bond acceptors (Lipinski definition) is 3. The summed E-state index contributed by atoms with van der Waals surface area (Å²) in [5.41, 5.74) is 2.35. The van der Waals surface area contributed by atoms with Gasteiger partial charge < -0.3 is 15.0 Å². The predicted molar refractivity (Wildman–Crippen MR) is 145 cm³/mol. The van der Waals surface area contributed by atoms with E-state index in [1.54, 1.807) is 30.2 Å². The largest absolute Gasteiger partial charge is 0.497 e. The number of carbonyl (C=O) groups excluding carboxylic acids is 2. The number of nitrogens with one attached hydrogen (secondary N) is 1. The van der Waals surface area contributed by atoms with Crippen LogP contribution in [-0.2, 0) is 29.0 Å². The smallest absolute Gasteiger partial charge is 0.243 e. The highest BCUT2D eigenvalue weighted by atomic mass is 35.5. The normalized spacial score (nSPS) is 11.7. The first kappa shape index (κ1) is 27.6. The summed E-state index contributed by atoms with van der Waals surface area (Å²) in [6.07, 6.45) is 0.349. The zero-order valence-electron chi connectivity index (χ0n) is 20.8. The van der Waals surface area contributed by atoms with Gasteiger partial charge in [-0.05, 0) is 46.9 Å². The lowest BCUT2D eigenvalue weighted by Gasteiger charge is -2.32. The van der Waals surface area contributed by atoms with E-state index in [0.717, 1.165) is 11.1 Å². The average Bonchev–Trinajstić information content (AvgIpc) is 2.87. The number of benzene rings is 3. The van der Waals surface area contributed by atoms with Gasteiger partial charge in [-0.15, -0.1) is 0 Å². The third-order valence-electron chi connectivity index (χ3n) is 5.83. The highest BCUT2D eigenvalue weighted by Gasteiger charge is 2.31. The third kappa shape index (κ3) is 7.74. The first-order valence-electron chi connectivity index (χ1n) is 12.0. The Hall–Kier alpha value is -3.02. The summed E-state index contributed by atoms with van der Waals surface area (Å²) in [7, 11) is 1.60. The molecule has 3 rings (SSSR count). The lowest BCUT2D eigenvalue weighted by Crippen LogP contribution is -2.51. The fourth-order valence-electron chi connectivity index (χ4n) is 3.90. The maximum absolute atomic E-state index is 13.8. The Bertz CT molecular complexity index is 1150. The molecule has 0 fully saturated rings. The Balaban J connectivity index is 2.01. The van der Waals surface area contributed by atoms with E-state index in [1.165, 1.54) is 0 Å². The van der Waals surface area contributed by atoms with Crippen molar-refractivity contribution in [3.05, 3.63) is 99.5 Å². The first-order valence-corrected chi connectivity index (χ1v) is 12.7.